The van der Waals surface area contributed by atoms with E-state index in [1.807, 2.05) is 0 Å². The molecule has 102 valence electrons. The van der Waals surface area contributed by atoms with E-state index in [1.54, 1.807) is 6.20 Å². The van der Waals surface area contributed by atoms with Gasteiger partial charge in [-0.15, -0.1) is 0 Å². The fraction of sp³-hybridized carbons (Fsp3) is 0.375. The fourth-order valence-electron chi connectivity index (χ4n) is 0.721. The van der Waals surface area contributed by atoms with Gasteiger partial charge in [0.15, 0.2) is 0 Å². The number of imidazole rings is 1. The molecular weight excluding hydrogens is 308 g/mol. The van der Waals surface area contributed by atoms with Gasteiger partial charge < -0.3 is 20.9 Å². The van der Waals surface area contributed by atoms with Gasteiger partial charge in [0.05, 0.1) is 6.33 Å². The third kappa shape index (κ3) is 7.33. The van der Waals surface area contributed by atoms with E-state index in [9.17, 15) is 9.59 Å². The van der Waals surface area contributed by atoms with Crippen molar-refractivity contribution in [1.82, 2.24) is 9.97 Å². The summed E-state index contributed by atoms with van der Waals surface area (Å²) in [7, 11) is 0. The maximum Gasteiger partial charge on any atom is 0.356 e. The van der Waals surface area contributed by atoms with Crippen molar-refractivity contribution in [2.45, 2.75) is 16.3 Å². The molecule has 0 radical (unpaired) electrons. The predicted molar refractivity (Wildman–Crippen MR) is 65.8 cm³/mol. The molecule has 1 aromatic heterocycles. The number of nitrogens with two attached hydrogens (primary N) is 1. The van der Waals surface area contributed by atoms with Crippen LogP contribution in [0, 0.1) is 0 Å². The van der Waals surface area contributed by atoms with Gasteiger partial charge in [-0.1, -0.05) is 34.8 Å². The number of halogens is 3. The van der Waals surface area contributed by atoms with Crippen molar-refractivity contribution < 1.29 is 19.8 Å². The van der Waals surface area contributed by atoms with Gasteiger partial charge >= 0.3 is 11.9 Å². The van der Waals surface area contributed by atoms with Gasteiger partial charge in [0.1, 0.15) is 6.04 Å². The minimum atomic E-state index is -2.17. The molecule has 1 heterocycles. The van der Waals surface area contributed by atoms with Crippen molar-refractivity contribution in [2.75, 3.05) is 0 Å². The molecule has 0 saturated heterocycles. The number of carboxylic acid groups (broad SMARTS) is 2. The van der Waals surface area contributed by atoms with Gasteiger partial charge in [-0.25, -0.2) is 9.78 Å². The Labute approximate surface area is 117 Å². The molecule has 0 aromatic carbocycles. The number of hydrogen-bond acceptors (Lipinski definition) is 4. The van der Waals surface area contributed by atoms with Gasteiger partial charge in [-0.05, 0) is 0 Å². The second-order valence-corrected chi connectivity index (χ2v) is 5.31. The van der Waals surface area contributed by atoms with Crippen LogP contribution in [0.2, 0.25) is 0 Å². The summed E-state index contributed by atoms with van der Waals surface area (Å²) in [6.07, 6.45) is 3.34. The first-order valence-electron chi connectivity index (χ1n) is 4.40. The Hall–Kier alpha value is -1.02. The number of aromatic nitrogens is 2. The quantitative estimate of drug-likeness (QED) is 0.610. The summed E-state index contributed by atoms with van der Waals surface area (Å²) in [5.41, 5.74) is 6.00. The molecule has 0 saturated carbocycles. The fourth-order valence-corrected chi connectivity index (χ4v) is 0.721. The molecule has 0 aliphatic carbocycles. The molecule has 1 rings (SSSR count). The van der Waals surface area contributed by atoms with Crippen molar-refractivity contribution >= 4 is 46.7 Å². The van der Waals surface area contributed by atoms with Crippen LogP contribution in [-0.2, 0) is 16.0 Å². The largest absolute Gasteiger partial charge is 0.480 e. The minimum Gasteiger partial charge on any atom is -0.480 e. The van der Waals surface area contributed by atoms with Gasteiger partial charge in [0.25, 0.3) is 3.79 Å². The van der Waals surface area contributed by atoms with E-state index < -0.39 is 21.8 Å². The SMILES string of the molecule is N[C@@H](Cc1cnc[nH]1)C(=O)O.O=C(O)C(Cl)(Cl)Cl. The Bertz CT molecular complexity index is 391. The number of rotatable bonds is 3. The summed E-state index contributed by atoms with van der Waals surface area (Å²) in [6.45, 7) is 0. The lowest BCUT2D eigenvalue weighted by atomic mass is 10.2. The number of aliphatic carboxylic acids is 2. The molecule has 18 heavy (non-hydrogen) atoms. The van der Waals surface area contributed by atoms with E-state index in [0.717, 1.165) is 5.69 Å². The van der Waals surface area contributed by atoms with Crippen LogP contribution in [0.4, 0.5) is 0 Å². The Morgan fingerprint density at radius 3 is 2.22 bits per heavy atom. The van der Waals surface area contributed by atoms with Crippen molar-refractivity contribution in [1.29, 1.82) is 0 Å². The molecule has 7 nitrogen and oxygen atoms in total. The summed E-state index contributed by atoms with van der Waals surface area (Å²) in [4.78, 5) is 26.4. The zero-order valence-corrected chi connectivity index (χ0v) is 11.1. The van der Waals surface area contributed by atoms with E-state index in [1.165, 1.54) is 6.33 Å². The van der Waals surface area contributed by atoms with E-state index >= 15 is 0 Å². The zero-order chi connectivity index (χ0) is 14.3. The number of nitrogens with one attached hydrogen (secondary N) is 1. The molecule has 0 aliphatic rings. The Kier molecular flexibility index (Phi) is 7.00. The molecule has 1 aromatic rings. The molecule has 0 spiro atoms. The summed E-state index contributed by atoms with van der Waals surface area (Å²) in [6, 6.07) is -0.851. The predicted octanol–water partition coefficient (Wildman–Crippen LogP) is 0.805. The molecule has 1 atom stereocenters. The van der Waals surface area contributed by atoms with Crippen LogP contribution in [-0.4, -0.2) is 42.0 Å². The van der Waals surface area contributed by atoms with E-state index in [2.05, 4.69) is 9.97 Å². The third-order valence-corrected chi connectivity index (χ3v) is 2.04. The van der Waals surface area contributed by atoms with Crippen LogP contribution in [0.3, 0.4) is 0 Å². The zero-order valence-electron chi connectivity index (χ0n) is 8.81. The van der Waals surface area contributed by atoms with Crippen molar-refractivity contribution in [3.8, 4) is 0 Å². The Morgan fingerprint density at radius 2 is 1.94 bits per heavy atom. The van der Waals surface area contributed by atoms with E-state index in [0.29, 0.717) is 0 Å². The van der Waals surface area contributed by atoms with Gasteiger partial charge in [0, 0.05) is 18.3 Å². The van der Waals surface area contributed by atoms with E-state index in [4.69, 9.17) is 50.7 Å². The van der Waals surface area contributed by atoms with Crippen molar-refractivity contribution in [2.24, 2.45) is 5.73 Å². The number of carboxylic acids is 2. The molecule has 0 fully saturated rings. The monoisotopic (exact) mass is 317 g/mol. The van der Waals surface area contributed by atoms with Crippen LogP contribution in [0.15, 0.2) is 12.5 Å². The van der Waals surface area contributed by atoms with Gasteiger partial charge in [-0.3, -0.25) is 4.79 Å². The summed E-state index contributed by atoms with van der Waals surface area (Å²) < 4.78 is -2.17. The lowest BCUT2D eigenvalue weighted by Gasteiger charge is -2.02. The number of alkyl halides is 3. The average molecular weight is 319 g/mol. The van der Waals surface area contributed by atoms with Gasteiger partial charge in [-0.2, -0.15) is 0 Å². The van der Waals surface area contributed by atoms with Crippen LogP contribution in [0.1, 0.15) is 5.69 Å². The first kappa shape index (κ1) is 17.0. The smallest absolute Gasteiger partial charge is 0.356 e. The second kappa shape index (κ2) is 7.42. The number of carbonyl (C=O) groups is 2. The molecule has 0 unspecified atom stereocenters. The Morgan fingerprint density at radius 1 is 1.44 bits per heavy atom. The van der Waals surface area contributed by atoms with Crippen LogP contribution in [0.25, 0.3) is 0 Å². The number of nitrogens with zero attached hydrogens (tertiary/aromatic N) is 1. The molecule has 0 aliphatic heterocycles. The molecule has 0 amide bonds. The molecule has 10 heteroatoms. The minimum absolute atomic E-state index is 0.287. The lowest BCUT2D eigenvalue weighted by Crippen LogP contribution is -2.32. The maximum atomic E-state index is 10.3. The first-order valence-corrected chi connectivity index (χ1v) is 5.53. The highest BCUT2D eigenvalue weighted by molar-refractivity contribution is 6.75. The summed E-state index contributed by atoms with van der Waals surface area (Å²) >= 11 is 14.4. The lowest BCUT2D eigenvalue weighted by molar-refractivity contribution is -0.138. The van der Waals surface area contributed by atoms with Crippen molar-refractivity contribution in [3.05, 3.63) is 18.2 Å². The summed E-state index contributed by atoms with van der Waals surface area (Å²) in [5.74, 6) is -2.46. The second-order valence-electron chi connectivity index (χ2n) is 3.03. The van der Waals surface area contributed by atoms with Crippen LogP contribution in [0.5, 0.6) is 0 Å². The highest BCUT2D eigenvalue weighted by Crippen LogP contribution is 2.25. The van der Waals surface area contributed by atoms with Crippen LogP contribution >= 0.6 is 34.8 Å². The first-order chi connectivity index (χ1) is 8.14. The van der Waals surface area contributed by atoms with Crippen LogP contribution < -0.4 is 5.73 Å². The third-order valence-electron chi connectivity index (χ3n) is 1.55. The number of hydrogen-bond donors (Lipinski definition) is 4. The number of aromatic amines is 1. The molecule has 5 N–H and O–H groups in total. The Balaban J connectivity index is 0.000000360. The highest BCUT2D eigenvalue weighted by atomic mass is 35.6. The summed E-state index contributed by atoms with van der Waals surface area (Å²) in [5, 5.41) is 16.3. The maximum absolute atomic E-state index is 10.3. The highest BCUT2D eigenvalue weighted by Gasteiger charge is 2.29. The standard InChI is InChI=1S/C6H9N3O2.C2HCl3O2/c7-5(6(10)11)1-4-2-8-3-9-4;3-2(4,5)1(6)7/h2-3,5H,1,7H2,(H,8,9)(H,10,11);(H,6,7)/t5-;/m0./s1. The molecule has 0 bridgehead atoms. The molecular formula is C8H10Cl3N3O4. The normalized spacial score (nSPS) is 12.2. The van der Waals surface area contributed by atoms with Gasteiger partial charge in [0.2, 0.25) is 0 Å². The number of H-pyrrole nitrogens is 1. The topological polar surface area (TPSA) is 129 Å². The van der Waals surface area contributed by atoms with Crippen molar-refractivity contribution in [3.63, 3.8) is 0 Å². The van der Waals surface area contributed by atoms with E-state index in [-0.39, 0.29) is 6.42 Å². The average Bonchev–Trinajstić information content (AvgIpc) is 2.69.